The van der Waals surface area contributed by atoms with E-state index in [1.807, 2.05) is 0 Å². The molecule has 0 saturated heterocycles. The lowest BCUT2D eigenvalue weighted by Gasteiger charge is -2.23. The maximum absolute atomic E-state index is 13.1. The Kier molecular flexibility index (Phi) is 56.0. The molecule has 8 N–H and O–H groups in total. The molecule has 78 heavy (non-hydrogen) atoms. The summed E-state index contributed by atoms with van der Waals surface area (Å²) in [5, 5.41) is 12.6. The van der Waals surface area contributed by atoms with Crippen molar-refractivity contribution < 1.29 is 28.8 Å². The van der Waals surface area contributed by atoms with Crippen LogP contribution in [0.4, 0.5) is 0 Å². The van der Waals surface area contributed by atoms with Crippen LogP contribution in [0.1, 0.15) is 310 Å². The van der Waals surface area contributed by atoms with Gasteiger partial charge >= 0.3 is 0 Å². The zero-order valence-corrected chi connectivity index (χ0v) is 51.3. The number of amides is 6. The lowest BCUT2D eigenvalue weighted by atomic mass is 9.99. The molecule has 6 amide bonds. The number of carbonyl (C=O) groups excluding carboxylic acids is 6. The zero-order chi connectivity index (χ0) is 57.2. The smallest absolute Gasteiger partial charge is 0.220 e. The first kappa shape index (κ1) is 74.7. The van der Waals surface area contributed by atoms with Crippen LogP contribution in [0.5, 0.6) is 0 Å². The number of carbonyl (C=O) groups is 6. The molecule has 0 heterocycles. The number of hydrogen-bond acceptors (Lipinski definition) is 8. The van der Waals surface area contributed by atoms with Crippen molar-refractivity contribution in [1.82, 2.24) is 31.1 Å². The van der Waals surface area contributed by atoms with Gasteiger partial charge in [0.15, 0.2) is 0 Å². The Morgan fingerprint density at radius 1 is 0.295 bits per heavy atom. The van der Waals surface area contributed by atoms with Gasteiger partial charge in [-0.2, -0.15) is 0 Å². The number of hydrogen-bond donors (Lipinski definition) is 6. The number of primary amides is 2. The third-order valence-electron chi connectivity index (χ3n) is 15.4. The third-order valence-corrected chi connectivity index (χ3v) is 15.4. The fourth-order valence-corrected chi connectivity index (χ4v) is 10.4. The van der Waals surface area contributed by atoms with Crippen LogP contribution in [-0.2, 0) is 28.8 Å². The van der Waals surface area contributed by atoms with Crippen LogP contribution in [0.2, 0.25) is 0 Å². The normalized spacial score (nSPS) is 11.5. The first-order chi connectivity index (χ1) is 38.0. The molecule has 14 nitrogen and oxygen atoms in total. The average Bonchev–Trinajstić information content (AvgIpc) is 3.41. The molecule has 0 bridgehead atoms. The number of nitrogens with two attached hydrogens (primary N) is 2. The van der Waals surface area contributed by atoms with E-state index in [-0.39, 0.29) is 48.3 Å². The molecule has 0 saturated carbocycles. The summed E-state index contributed by atoms with van der Waals surface area (Å²) in [7, 11) is 0. The molecule has 0 aromatic heterocycles. The molecule has 0 radical (unpaired) electrons. The van der Waals surface area contributed by atoms with Gasteiger partial charge in [0.2, 0.25) is 35.4 Å². The standard InChI is InChI=1S/C64H126N8O6/c1-4-7-10-13-16-17-18-25-36-49-67-61(75)45-35-29-40-55-72(53-38-27-20-24-34-46-64(78)70-58(41-30-21-14-11-8-5-2)42-31-22-15-12-9-6-3)57-51-69-63(77)48-47-62(76)68-50-56-71(54-39-28-33-44-60(66)74)52-37-26-19-23-32-43-59(65)73/h58H,4-57H2,1-3H3,(H2,65,73)(H2,66,74)(H,67,75)(H,68,76)(H,69,77)(H,70,78). The number of nitrogens with zero attached hydrogens (tertiary/aromatic N) is 2. The second kappa shape index (κ2) is 58.4. The molecule has 0 aromatic carbocycles. The van der Waals surface area contributed by atoms with Crippen LogP contribution < -0.4 is 32.7 Å². The predicted octanol–water partition coefficient (Wildman–Crippen LogP) is 13.0. The van der Waals surface area contributed by atoms with Crippen molar-refractivity contribution in [2.24, 2.45) is 11.5 Å². The van der Waals surface area contributed by atoms with Crippen LogP contribution in [-0.4, -0.2) is 110 Å². The molecule has 0 atom stereocenters. The van der Waals surface area contributed by atoms with E-state index in [0.29, 0.717) is 51.4 Å². The Hall–Kier alpha value is -3.26. The Labute approximate surface area is 479 Å². The molecule has 14 heteroatoms. The summed E-state index contributed by atoms with van der Waals surface area (Å²) >= 11 is 0. The van der Waals surface area contributed by atoms with Gasteiger partial charge in [-0.25, -0.2) is 0 Å². The maximum Gasteiger partial charge on any atom is 0.220 e. The molecular formula is C64H126N8O6. The molecule has 0 unspecified atom stereocenters. The summed E-state index contributed by atoms with van der Waals surface area (Å²) in [4.78, 5) is 78.4. The molecule has 0 fully saturated rings. The Balaban J connectivity index is 4.94. The van der Waals surface area contributed by atoms with Crippen LogP contribution in [0.3, 0.4) is 0 Å². The lowest BCUT2D eigenvalue weighted by Crippen LogP contribution is -2.37. The van der Waals surface area contributed by atoms with Crippen molar-refractivity contribution in [2.75, 3.05) is 58.9 Å². The Morgan fingerprint density at radius 2 is 0.577 bits per heavy atom. The summed E-state index contributed by atoms with van der Waals surface area (Å²) in [6.45, 7) is 13.7. The van der Waals surface area contributed by atoms with E-state index in [9.17, 15) is 28.8 Å². The fraction of sp³-hybridized carbons (Fsp3) is 0.906. The van der Waals surface area contributed by atoms with E-state index in [2.05, 4.69) is 51.8 Å². The van der Waals surface area contributed by atoms with Gasteiger partial charge < -0.3 is 42.5 Å². The van der Waals surface area contributed by atoms with E-state index < -0.39 is 0 Å². The topological polar surface area (TPSA) is 209 Å². The molecule has 458 valence electrons. The Morgan fingerprint density at radius 3 is 0.962 bits per heavy atom. The van der Waals surface area contributed by atoms with Gasteiger partial charge in [-0.1, -0.05) is 201 Å². The SMILES string of the molecule is CCCCCCCCCCCNC(=O)CCCCCN(CCCCCCCC(=O)NC(CCCCCCCC)CCCCCCCC)CCNC(=O)CCC(=O)NCCN(CCCCCCCC(N)=O)CCCCCC(N)=O. The van der Waals surface area contributed by atoms with Gasteiger partial charge in [-0.05, 0) is 96.8 Å². The van der Waals surface area contributed by atoms with Crippen molar-refractivity contribution in [2.45, 2.75) is 316 Å². The molecule has 0 aliphatic rings. The minimum Gasteiger partial charge on any atom is -0.370 e. The van der Waals surface area contributed by atoms with Crippen LogP contribution in [0.15, 0.2) is 0 Å². The summed E-state index contributed by atoms with van der Waals surface area (Å²) < 4.78 is 0. The second-order valence-electron chi connectivity index (χ2n) is 23.0. The highest BCUT2D eigenvalue weighted by atomic mass is 16.2. The van der Waals surface area contributed by atoms with Gasteiger partial charge in [0.05, 0.1) is 0 Å². The fourth-order valence-electron chi connectivity index (χ4n) is 10.4. The summed E-state index contributed by atoms with van der Waals surface area (Å²) in [5.41, 5.74) is 10.6. The van der Waals surface area contributed by atoms with Crippen LogP contribution >= 0.6 is 0 Å². The van der Waals surface area contributed by atoms with E-state index in [1.165, 1.54) is 128 Å². The van der Waals surface area contributed by atoms with Gasteiger partial charge in [0.1, 0.15) is 0 Å². The van der Waals surface area contributed by atoms with Crippen molar-refractivity contribution in [3.8, 4) is 0 Å². The Bertz CT molecular complexity index is 1400. The van der Waals surface area contributed by atoms with E-state index in [4.69, 9.17) is 11.5 Å². The number of unbranched alkanes of at least 4 members (excludes halogenated alkanes) is 30. The molecule has 0 aliphatic carbocycles. The van der Waals surface area contributed by atoms with Gasteiger partial charge in [0.25, 0.3) is 0 Å². The average molecular weight is 1100 g/mol. The largest absolute Gasteiger partial charge is 0.370 e. The zero-order valence-electron chi connectivity index (χ0n) is 51.3. The quantitative estimate of drug-likeness (QED) is 0.0322. The lowest BCUT2D eigenvalue weighted by molar-refractivity contribution is -0.126. The highest BCUT2D eigenvalue weighted by Crippen LogP contribution is 2.16. The summed E-state index contributed by atoms with van der Waals surface area (Å²) in [5.74, 6) is -0.384. The molecule has 0 aromatic rings. The molecule has 0 rings (SSSR count). The maximum atomic E-state index is 13.1. The van der Waals surface area contributed by atoms with Crippen molar-refractivity contribution >= 4 is 35.4 Å². The van der Waals surface area contributed by atoms with Crippen LogP contribution in [0.25, 0.3) is 0 Å². The van der Waals surface area contributed by atoms with Crippen molar-refractivity contribution in [1.29, 1.82) is 0 Å². The third kappa shape index (κ3) is 56.0. The van der Waals surface area contributed by atoms with Gasteiger partial charge in [-0.3, -0.25) is 28.8 Å². The summed E-state index contributed by atoms with van der Waals surface area (Å²) in [6, 6.07) is 0.313. The van der Waals surface area contributed by atoms with Crippen molar-refractivity contribution in [3.63, 3.8) is 0 Å². The predicted molar refractivity (Wildman–Crippen MR) is 327 cm³/mol. The first-order valence-electron chi connectivity index (χ1n) is 33.1. The van der Waals surface area contributed by atoms with E-state index in [1.54, 1.807) is 0 Å². The monoisotopic (exact) mass is 1100 g/mol. The number of rotatable bonds is 62. The van der Waals surface area contributed by atoms with E-state index in [0.717, 1.165) is 161 Å². The first-order valence-corrected chi connectivity index (χ1v) is 33.1. The molecule has 0 spiro atoms. The van der Waals surface area contributed by atoms with Crippen molar-refractivity contribution in [3.05, 3.63) is 0 Å². The number of nitrogens with one attached hydrogen (secondary N) is 4. The van der Waals surface area contributed by atoms with Gasteiger partial charge in [0, 0.05) is 77.3 Å². The summed E-state index contributed by atoms with van der Waals surface area (Å²) in [6.07, 6.45) is 47.1. The van der Waals surface area contributed by atoms with Gasteiger partial charge in [-0.15, -0.1) is 0 Å². The highest BCUT2D eigenvalue weighted by Gasteiger charge is 2.14. The minimum absolute atomic E-state index is 0.118. The second-order valence-corrected chi connectivity index (χ2v) is 23.0. The van der Waals surface area contributed by atoms with Crippen LogP contribution in [0, 0.1) is 0 Å². The highest BCUT2D eigenvalue weighted by molar-refractivity contribution is 5.83. The molecule has 0 aliphatic heterocycles. The van der Waals surface area contributed by atoms with E-state index >= 15 is 0 Å². The molecular weight excluding hydrogens is 977 g/mol. The minimum atomic E-state index is -0.270.